The van der Waals surface area contributed by atoms with Gasteiger partial charge in [-0.05, 0) is 37.0 Å². The number of anilines is 1. The summed E-state index contributed by atoms with van der Waals surface area (Å²) in [5.74, 6) is 1.75. The maximum absolute atomic E-state index is 12.6. The molecule has 1 aliphatic carbocycles. The lowest BCUT2D eigenvalue weighted by Crippen LogP contribution is -2.48. The molecule has 1 aliphatic heterocycles. The molecular formula is C18H22N4OS. The number of amides is 1. The van der Waals surface area contributed by atoms with Crippen LogP contribution < -0.4 is 4.90 Å². The van der Waals surface area contributed by atoms with E-state index in [4.69, 9.17) is 0 Å². The molecule has 126 valence electrons. The Bertz CT molecular complexity index is 715. The fourth-order valence-electron chi connectivity index (χ4n) is 3.03. The van der Waals surface area contributed by atoms with E-state index < -0.39 is 0 Å². The number of piperazine rings is 1. The van der Waals surface area contributed by atoms with Crippen molar-refractivity contribution in [3.05, 3.63) is 41.2 Å². The molecule has 4 rings (SSSR count). The summed E-state index contributed by atoms with van der Waals surface area (Å²) in [6.07, 6.45) is 3.46. The molecule has 0 radical (unpaired) electrons. The van der Waals surface area contributed by atoms with E-state index in [1.165, 1.54) is 29.9 Å². The zero-order chi connectivity index (χ0) is 16.5. The summed E-state index contributed by atoms with van der Waals surface area (Å²) < 4.78 is 4.48. The molecule has 2 aromatic rings. The van der Waals surface area contributed by atoms with Gasteiger partial charge in [-0.25, -0.2) is 4.98 Å². The van der Waals surface area contributed by atoms with E-state index in [1.54, 1.807) is 0 Å². The zero-order valence-electron chi connectivity index (χ0n) is 13.9. The SMILES string of the molecule is CCc1ccc(C(=O)N2CCN(c3nc(C4CC4)ns3)CC2)cc1. The van der Waals surface area contributed by atoms with E-state index in [-0.39, 0.29) is 5.91 Å². The molecule has 0 atom stereocenters. The van der Waals surface area contributed by atoms with Gasteiger partial charge in [0.1, 0.15) is 5.82 Å². The summed E-state index contributed by atoms with van der Waals surface area (Å²) in [5.41, 5.74) is 2.05. The standard InChI is InChI=1S/C18H22N4OS/c1-2-13-3-5-15(6-4-13)17(23)21-9-11-22(12-10-21)18-19-16(20-24-18)14-7-8-14/h3-6,14H,2,7-12H2,1H3. The molecule has 1 aromatic heterocycles. The lowest BCUT2D eigenvalue weighted by atomic mass is 10.1. The minimum Gasteiger partial charge on any atom is -0.343 e. The first kappa shape index (κ1) is 15.6. The van der Waals surface area contributed by atoms with E-state index in [1.807, 2.05) is 29.2 Å². The van der Waals surface area contributed by atoms with Crippen LogP contribution in [-0.2, 0) is 6.42 Å². The summed E-state index contributed by atoms with van der Waals surface area (Å²) >= 11 is 1.50. The lowest BCUT2D eigenvalue weighted by molar-refractivity contribution is 0.0747. The number of benzene rings is 1. The number of hydrogen-bond donors (Lipinski definition) is 0. The predicted molar refractivity (Wildman–Crippen MR) is 95.8 cm³/mol. The summed E-state index contributed by atoms with van der Waals surface area (Å²) in [4.78, 5) is 21.5. The first-order chi connectivity index (χ1) is 11.7. The second-order valence-electron chi connectivity index (χ2n) is 6.54. The number of aryl methyl sites for hydroxylation is 1. The largest absolute Gasteiger partial charge is 0.343 e. The highest BCUT2D eigenvalue weighted by Gasteiger charge is 2.29. The first-order valence-corrected chi connectivity index (χ1v) is 9.48. The number of carbonyl (C=O) groups is 1. The highest BCUT2D eigenvalue weighted by molar-refractivity contribution is 7.09. The Balaban J connectivity index is 1.36. The molecule has 0 bridgehead atoms. The Labute approximate surface area is 146 Å². The molecular weight excluding hydrogens is 320 g/mol. The predicted octanol–water partition coefficient (Wildman–Crippen LogP) is 2.94. The molecule has 24 heavy (non-hydrogen) atoms. The topological polar surface area (TPSA) is 49.3 Å². The van der Waals surface area contributed by atoms with Crippen molar-refractivity contribution in [3.63, 3.8) is 0 Å². The molecule has 2 heterocycles. The van der Waals surface area contributed by atoms with Crippen LogP contribution in [0.2, 0.25) is 0 Å². The third-order valence-electron chi connectivity index (χ3n) is 4.82. The zero-order valence-corrected chi connectivity index (χ0v) is 14.8. The Morgan fingerprint density at radius 3 is 2.50 bits per heavy atom. The average molecular weight is 342 g/mol. The summed E-state index contributed by atoms with van der Waals surface area (Å²) in [5, 5.41) is 1.01. The Hall–Kier alpha value is -1.95. The highest BCUT2D eigenvalue weighted by Crippen LogP contribution is 2.39. The van der Waals surface area contributed by atoms with E-state index >= 15 is 0 Å². The van der Waals surface area contributed by atoms with Crippen molar-refractivity contribution in [2.75, 3.05) is 31.1 Å². The van der Waals surface area contributed by atoms with E-state index in [0.717, 1.165) is 49.1 Å². The van der Waals surface area contributed by atoms with Crippen LogP contribution in [0.4, 0.5) is 5.13 Å². The number of hydrogen-bond acceptors (Lipinski definition) is 5. The fraction of sp³-hybridized carbons (Fsp3) is 0.500. The van der Waals surface area contributed by atoms with Gasteiger partial charge in [0.2, 0.25) is 5.13 Å². The quantitative estimate of drug-likeness (QED) is 0.857. The van der Waals surface area contributed by atoms with Crippen molar-refractivity contribution in [2.24, 2.45) is 0 Å². The Kier molecular flexibility index (Phi) is 4.22. The molecule has 1 aromatic carbocycles. The van der Waals surface area contributed by atoms with Crippen molar-refractivity contribution in [2.45, 2.75) is 32.1 Å². The maximum Gasteiger partial charge on any atom is 0.253 e. The van der Waals surface area contributed by atoms with E-state index in [0.29, 0.717) is 5.92 Å². The third kappa shape index (κ3) is 3.15. The molecule has 2 fully saturated rings. The second-order valence-corrected chi connectivity index (χ2v) is 7.27. The molecule has 6 heteroatoms. The molecule has 2 aliphatic rings. The smallest absolute Gasteiger partial charge is 0.253 e. The highest BCUT2D eigenvalue weighted by atomic mass is 32.1. The van der Waals surface area contributed by atoms with Crippen LogP contribution >= 0.6 is 11.5 Å². The van der Waals surface area contributed by atoms with Gasteiger partial charge in [-0.3, -0.25) is 4.79 Å². The maximum atomic E-state index is 12.6. The average Bonchev–Trinajstić information content (AvgIpc) is 3.38. The summed E-state index contributed by atoms with van der Waals surface area (Å²) in [6.45, 7) is 5.27. The monoisotopic (exact) mass is 342 g/mol. The van der Waals surface area contributed by atoms with Crippen molar-refractivity contribution in [1.29, 1.82) is 0 Å². The number of aromatic nitrogens is 2. The van der Waals surface area contributed by atoms with Crippen molar-refractivity contribution in [1.82, 2.24) is 14.3 Å². The van der Waals surface area contributed by atoms with Gasteiger partial charge in [0, 0.05) is 49.2 Å². The fourth-order valence-corrected chi connectivity index (χ4v) is 3.83. The molecule has 1 saturated carbocycles. The van der Waals surface area contributed by atoms with Crippen LogP contribution in [0.5, 0.6) is 0 Å². The number of carbonyl (C=O) groups excluding carboxylic acids is 1. The number of rotatable bonds is 4. The van der Waals surface area contributed by atoms with Crippen LogP contribution in [0.1, 0.15) is 47.4 Å². The van der Waals surface area contributed by atoms with Crippen molar-refractivity contribution in [3.8, 4) is 0 Å². The van der Waals surface area contributed by atoms with Crippen molar-refractivity contribution >= 4 is 22.6 Å². The lowest BCUT2D eigenvalue weighted by Gasteiger charge is -2.34. The minimum atomic E-state index is 0.133. The number of nitrogens with zero attached hydrogens (tertiary/aromatic N) is 4. The van der Waals surface area contributed by atoms with Crippen LogP contribution in [-0.4, -0.2) is 46.3 Å². The van der Waals surface area contributed by atoms with Gasteiger partial charge < -0.3 is 9.80 Å². The normalized spacial score (nSPS) is 18.0. The van der Waals surface area contributed by atoms with Crippen LogP contribution in [0.25, 0.3) is 0 Å². The summed E-state index contributed by atoms with van der Waals surface area (Å²) in [7, 11) is 0. The van der Waals surface area contributed by atoms with Crippen LogP contribution in [0, 0.1) is 0 Å². The molecule has 1 saturated heterocycles. The molecule has 0 spiro atoms. The van der Waals surface area contributed by atoms with Crippen molar-refractivity contribution < 1.29 is 4.79 Å². The van der Waals surface area contributed by atoms with E-state index in [2.05, 4.69) is 21.2 Å². The van der Waals surface area contributed by atoms with Gasteiger partial charge in [0.05, 0.1) is 0 Å². The second kappa shape index (κ2) is 6.51. The van der Waals surface area contributed by atoms with Gasteiger partial charge in [-0.2, -0.15) is 4.37 Å². The molecule has 5 nitrogen and oxygen atoms in total. The van der Waals surface area contributed by atoms with Gasteiger partial charge >= 0.3 is 0 Å². The summed E-state index contributed by atoms with van der Waals surface area (Å²) in [6, 6.07) is 7.98. The van der Waals surface area contributed by atoms with Gasteiger partial charge in [-0.15, -0.1) is 0 Å². The molecule has 0 unspecified atom stereocenters. The molecule has 1 amide bonds. The first-order valence-electron chi connectivity index (χ1n) is 8.71. The van der Waals surface area contributed by atoms with Gasteiger partial charge in [0.15, 0.2) is 0 Å². The van der Waals surface area contributed by atoms with Gasteiger partial charge in [0.25, 0.3) is 5.91 Å². The van der Waals surface area contributed by atoms with E-state index in [9.17, 15) is 4.79 Å². The molecule has 0 N–H and O–H groups in total. The Morgan fingerprint density at radius 1 is 1.17 bits per heavy atom. The van der Waals surface area contributed by atoms with Crippen LogP contribution in [0.15, 0.2) is 24.3 Å². The van der Waals surface area contributed by atoms with Crippen LogP contribution in [0.3, 0.4) is 0 Å². The van der Waals surface area contributed by atoms with Gasteiger partial charge in [-0.1, -0.05) is 19.1 Å². The Morgan fingerprint density at radius 2 is 1.88 bits per heavy atom. The third-order valence-corrected chi connectivity index (χ3v) is 5.61. The minimum absolute atomic E-state index is 0.133.